The Balaban J connectivity index is 1.56. The van der Waals surface area contributed by atoms with E-state index in [-0.39, 0.29) is 5.91 Å². The number of nitrogens with zero attached hydrogens (tertiary/aromatic N) is 2. The van der Waals surface area contributed by atoms with E-state index in [4.69, 9.17) is 4.74 Å². The number of hydrogen-bond acceptors (Lipinski definition) is 3. The Morgan fingerprint density at radius 2 is 1.68 bits per heavy atom. The van der Waals surface area contributed by atoms with Gasteiger partial charge in [0.25, 0.3) is 5.91 Å². The van der Waals surface area contributed by atoms with Crippen molar-refractivity contribution in [3.63, 3.8) is 0 Å². The highest BCUT2D eigenvalue weighted by molar-refractivity contribution is 5.81. The van der Waals surface area contributed by atoms with E-state index in [2.05, 4.69) is 62.1 Å². The minimum absolute atomic E-state index is 0.0792. The number of carbonyl (C=O) groups excluding carboxylic acids is 1. The maximum Gasteiger partial charge on any atom is 0.263 e. The zero-order chi connectivity index (χ0) is 20.1. The first-order chi connectivity index (χ1) is 13.4. The summed E-state index contributed by atoms with van der Waals surface area (Å²) in [4.78, 5) is 17.3. The Kier molecular flexibility index (Phi) is 6.74. The summed E-state index contributed by atoms with van der Waals surface area (Å²) >= 11 is 0. The standard InChI is InChI=1S/C24H32N2O2/c1-18(2)22-11-10-19(3)16-23(22)28-20(4)24(27)26-14-12-25(13-15-26)17-21-8-6-5-7-9-21/h5-11,16,18,20H,12-15,17H2,1-4H3/t20-/m1/s1. The van der Waals surface area contributed by atoms with Crippen molar-refractivity contribution < 1.29 is 9.53 Å². The summed E-state index contributed by atoms with van der Waals surface area (Å²) in [5.41, 5.74) is 3.62. The predicted molar refractivity (Wildman–Crippen MR) is 114 cm³/mol. The molecule has 0 unspecified atom stereocenters. The molecule has 4 heteroatoms. The summed E-state index contributed by atoms with van der Waals surface area (Å²) in [5, 5.41) is 0. The molecular formula is C24H32N2O2. The van der Waals surface area contributed by atoms with Gasteiger partial charge in [0, 0.05) is 32.7 Å². The molecule has 1 amide bonds. The second-order valence-electron chi connectivity index (χ2n) is 8.04. The molecule has 4 nitrogen and oxygen atoms in total. The number of carbonyl (C=O) groups is 1. The first kappa shape index (κ1) is 20.4. The van der Waals surface area contributed by atoms with Gasteiger partial charge in [-0.2, -0.15) is 0 Å². The lowest BCUT2D eigenvalue weighted by Gasteiger charge is -2.36. The van der Waals surface area contributed by atoms with Crippen LogP contribution in [0.15, 0.2) is 48.5 Å². The second kappa shape index (κ2) is 9.24. The van der Waals surface area contributed by atoms with Crippen molar-refractivity contribution >= 4 is 5.91 Å². The van der Waals surface area contributed by atoms with E-state index < -0.39 is 6.10 Å². The van der Waals surface area contributed by atoms with Gasteiger partial charge in [0.1, 0.15) is 5.75 Å². The van der Waals surface area contributed by atoms with Gasteiger partial charge in [-0.1, -0.05) is 56.3 Å². The quantitative estimate of drug-likeness (QED) is 0.752. The first-order valence-corrected chi connectivity index (χ1v) is 10.3. The van der Waals surface area contributed by atoms with Crippen LogP contribution in [-0.2, 0) is 11.3 Å². The smallest absolute Gasteiger partial charge is 0.263 e. The highest BCUT2D eigenvalue weighted by Crippen LogP contribution is 2.28. The zero-order valence-electron chi connectivity index (χ0n) is 17.5. The topological polar surface area (TPSA) is 32.8 Å². The summed E-state index contributed by atoms with van der Waals surface area (Å²) in [5.74, 6) is 1.27. The number of amides is 1. The molecule has 28 heavy (non-hydrogen) atoms. The van der Waals surface area contributed by atoms with Crippen molar-refractivity contribution in [2.75, 3.05) is 26.2 Å². The summed E-state index contributed by atoms with van der Waals surface area (Å²) in [7, 11) is 0. The Bertz CT molecular complexity index is 780. The molecule has 0 saturated carbocycles. The van der Waals surface area contributed by atoms with Crippen molar-refractivity contribution in [1.82, 2.24) is 9.80 Å². The number of hydrogen-bond donors (Lipinski definition) is 0. The predicted octanol–water partition coefficient (Wildman–Crippen LogP) is 4.23. The van der Waals surface area contributed by atoms with Gasteiger partial charge in [0.15, 0.2) is 6.10 Å². The van der Waals surface area contributed by atoms with E-state index in [1.54, 1.807) is 0 Å². The molecule has 3 rings (SSSR count). The molecule has 0 N–H and O–H groups in total. The van der Waals surface area contributed by atoms with Gasteiger partial charge >= 0.3 is 0 Å². The monoisotopic (exact) mass is 380 g/mol. The molecule has 1 saturated heterocycles. The maximum absolute atomic E-state index is 12.9. The van der Waals surface area contributed by atoms with Crippen LogP contribution in [0.1, 0.15) is 43.4 Å². The van der Waals surface area contributed by atoms with E-state index in [1.807, 2.05) is 24.0 Å². The Morgan fingerprint density at radius 1 is 1.00 bits per heavy atom. The average molecular weight is 381 g/mol. The number of rotatable bonds is 6. The van der Waals surface area contributed by atoms with E-state index in [9.17, 15) is 4.79 Å². The lowest BCUT2D eigenvalue weighted by Crippen LogP contribution is -2.51. The lowest BCUT2D eigenvalue weighted by molar-refractivity contribution is -0.139. The highest BCUT2D eigenvalue weighted by atomic mass is 16.5. The van der Waals surface area contributed by atoms with E-state index in [0.29, 0.717) is 5.92 Å². The average Bonchev–Trinajstić information content (AvgIpc) is 2.68. The fourth-order valence-electron chi connectivity index (χ4n) is 3.69. The van der Waals surface area contributed by atoms with Crippen molar-refractivity contribution in [1.29, 1.82) is 0 Å². The first-order valence-electron chi connectivity index (χ1n) is 10.3. The fraction of sp³-hybridized carbons (Fsp3) is 0.458. The largest absolute Gasteiger partial charge is 0.481 e. The molecule has 2 aromatic rings. The van der Waals surface area contributed by atoms with E-state index in [0.717, 1.165) is 49.6 Å². The van der Waals surface area contributed by atoms with Crippen LogP contribution in [0.2, 0.25) is 0 Å². The molecule has 0 aliphatic carbocycles. The lowest BCUT2D eigenvalue weighted by atomic mass is 10.0. The minimum Gasteiger partial charge on any atom is -0.481 e. The van der Waals surface area contributed by atoms with E-state index in [1.165, 1.54) is 5.56 Å². The normalized spacial score (nSPS) is 16.2. The molecule has 1 heterocycles. The van der Waals surface area contributed by atoms with Crippen molar-refractivity contribution in [2.45, 2.75) is 46.3 Å². The van der Waals surface area contributed by atoms with Gasteiger partial charge < -0.3 is 9.64 Å². The fourth-order valence-corrected chi connectivity index (χ4v) is 3.69. The number of aryl methyl sites for hydroxylation is 1. The van der Waals surface area contributed by atoms with Crippen LogP contribution < -0.4 is 4.74 Å². The van der Waals surface area contributed by atoms with Crippen LogP contribution in [0.4, 0.5) is 0 Å². The van der Waals surface area contributed by atoms with Crippen LogP contribution >= 0.6 is 0 Å². The van der Waals surface area contributed by atoms with Gasteiger partial charge in [0.2, 0.25) is 0 Å². The van der Waals surface area contributed by atoms with E-state index >= 15 is 0 Å². The van der Waals surface area contributed by atoms with Crippen LogP contribution in [0.25, 0.3) is 0 Å². The number of benzene rings is 2. The molecule has 1 atom stereocenters. The van der Waals surface area contributed by atoms with Crippen LogP contribution in [0.3, 0.4) is 0 Å². The SMILES string of the molecule is Cc1ccc(C(C)C)c(O[C@H](C)C(=O)N2CCN(Cc3ccccc3)CC2)c1. The van der Waals surface area contributed by atoms with Gasteiger partial charge in [-0.3, -0.25) is 9.69 Å². The van der Waals surface area contributed by atoms with Gasteiger partial charge in [-0.05, 0) is 42.5 Å². The highest BCUT2D eigenvalue weighted by Gasteiger charge is 2.26. The van der Waals surface area contributed by atoms with Gasteiger partial charge in [-0.25, -0.2) is 0 Å². The molecular weight excluding hydrogens is 348 g/mol. The molecule has 1 fully saturated rings. The third kappa shape index (κ3) is 5.14. The van der Waals surface area contributed by atoms with Crippen LogP contribution in [0.5, 0.6) is 5.75 Å². The molecule has 0 bridgehead atoms. The Hall–Kier alpha value is -2.33. The zero-order valence-corrected chi connectivity index (χ0v) is 17.5. The number of piperazine rings is 1. The summed E-state index contributed by atoms with van der Waals surface area (Å²) in [6.07, 6.45) is -0.472. The molecule has 150 valence electrons. The summed E-state index contributed by atoms with van der Waals surface area (Å²) in [6, 6.07) is 16.7. The molecule has 1 aliphatic rings. The third-order valence-corrected chi connectivity index (χ3v) is 5.38. The van der Waals surface area contributed by atoms with Crippen molar-refractivity contribution in [3.05, 3.63) is 65.2 Å². The van der Waals surface area contributed by atoms with Crippen LogP contribution in [0, 0.1) is 6.92 Å². The maximum atomic E-state index is 12.9. The second-order valence-corrected chi connectivity index (χ2v) is 8.04. The van der Waals surface area contributed by atoms with Gasteiger partial charge in [0.05, 0.1) is 0 Å². The minimum atomic E-state index is -0.472. The summed E-state index contributed by atoms with van der Waals surface area (Å²) < 4.78 is 6.12. The van der Waals surface area contributed by atoms with Crippen molar-refractivity contribution in [2.24, 2.45) is 0 Å². The Labute approximate surface area is 169 Å². The number of ether oxygens (including phenoxy) is 1. The van der Waals surface area contributed by atoms with Crippen LogP contribution in [-0.4, -0.2) is 48.0 Å². The summed E-state index contributed by atoms with van der Waals surface area (Å²) in [6.45, 7) is 12.5. The molecule has 1 aliphatic heterocycles. The van der Waals surface area contributed by atoms with Crippen molar-refractivity contribution in [3.8, 4) is 5.75 Å². The molecule has 0 radical (unpaired) electrons. The molecule has 0 aromatic heterocycles. The molecule has 0 spiro atoms. The molecule has 2 aromatic carbocycles. The van der Waals surface area contributed by atoms with Gasteiger partial charge in [-0.15, -0.1) is 0 Å². The third-order valence-electron chi connectivity index (χ3n) is 5.38. The Morgan fingerprint density at radius 3 is 2.32 bits per heavy atom.